The van der Waals surface area contributed by atoms with Crippen LogP contribution in [0.1, 0.15) is 12.5 Å². The van der Waals surface area contributed by atoms with E-state index in [0.717, 1.165) is 6.07 Å². The molecule has 0 radical (unpaired) electrons. The van der Waals surface area contributed by atoms with Crippen molar-refractivity contribution in [2.45, 2.75) is 13.3 Å². The van der Waals surface area contributed by atoms with Gasteiger partial charge in [-0.2, -0.15) is 0 Å². The molecule has 4 heteroatoms. The fourth-order valence-corrected chi connectivity index (χ4v) is 1.30. The molecular weight excluding hydrogens is 212 g/mol. The Labute approximate surface area is 93.0 Å². The van der Waals surface area contributed by atoms with E-state index in [9.17, 15) is 13.6 Å². The van der Waals surface area contributed by atoms with Crippen LogP contribution >= 0.6 is 0 Å². The SMILES string of the molecule is C/C=C/C(=O)NCCc1cc(F)cc(F)c1. The molecule has 1 amide bonds. The van der Waals surface area contributed by atoms with Crippen LogP contribution < -0.4 is 5.32 Å². The number of hydrogen-bond acceptors (Lipinski definition) is 1. The minimum atomic E-state index is -0.602. The average Bonchev–Trinajstić information content (AvgIpc) is 2.16. The summed E-state index contributed by atoms with van der Waals surface area (Å²) in [7, 11) is 0. The van der Waals surface area contributed by atoms with Crippen LogP contribution in [-0.2, 0) is 11.2 Å². The Kier molecular flexibility index (Phi) is 4.64. The van der Waals surface area contributed by atoms with Crippen molar-refractivity contribution in [2.75, 3.05) is 6.54 Å². The van der Waals surface area contributed by atoms with E-state index < -0.39 is 11.6 Å². The summed E-state index contributed by atoms with van der Waals surface area (Å²) in [6.07, 6.45) is 3.42. The average molecular weight is 225 g/mol. The summed E-state index contributed by atoms with van der Waals surface area (Å²) in [6, 6.07) is 3.33. The Bertz CT molecular complexity index is 382. The van der Waals surface area contributed by atoms with Crippen LogP contribution in [0, 0.1) is 11.6 Å². The molecule has 2 nitrogen and oxygen atoms in total. The Morgan fingerprint density at radius 3 is 2.50 bits per heavy atom. The summed E-state index contributed by atoms with van der Waals surface area (Å²) in [4.78, 5) is 11.0. The summed E-state index contributed by atoms with van der Waals surface area (Å²) in [5.74, 6) is -1.41. The third kappa shape index (κ3) is 4.21. The topological polar surface area (TPSA) is 29.1 Å². The van der Waals surface area contributed by atoms with Crippen molar-refractivity contribution >= 4 is 5.91 Å². The molecule has 86 valence electrons. The standard InChI is InChI=1S/C12H13F2NO/c1-2-3-12(16)15-5-4-9-6-10(13)8-11(14)7-9/h2-3,6-8H,4-5H2,1H3,(H,15,16)/b3-2+. The molecule has 16 heavy (non-hydrogen) atoms. The Balaban J connectivity index is 2.46. The van der Waals surface area contributed by atoms with Crippen molar-refractivity contribution in [3.63, 3.8) is 0 Å². The van der Waals surface area contributed by atoms with E-state index in [1.54, 1.807) is 13.0 Å². The monoisotopic (exact) mass is 225 g/mol. The van der Waals surface area contributed by atoms with Gasteiger partial charge in [-0.3, -0.25) is 4.79 Å². The molecule has 0 saturated heterocycles. The molecule has 1 aromatic carbocycles. The zero-order valence-electron chi connectivity index (χ0n) is 8.97. The minimum absolute atomic E-state index is 0.209. The zero-order chi connectivity index (χ0) is 12.0. The lowest BCUT2D eigenvalue weighted by atomic mass is 10.1. The van der Waals surface area contributed by atoms with E-state index in [1.807, 2.05) is 0 Å². The second-order valence-electron chi connectivity index (χ2n) is 3.32. The van der Waals surface area contributed by atoms with Crippen molar-refractivity contribution in [1.29, 1.82) is 0 Å². The van der Waals surface area contributed by atoms with Crippen molar-refractivity contribution < 1.29 is 13.6 Å². The molecule has 0 saturated carbocycles. The predicted molar refractivity (Wildman–Crippen MR) is 57.9 cm³/mol. The van der Waals surface area contributed by atoms with Gasteiger partial charge in [0.2, 0.25) is 5.91 Å². The lowest BCUT2D eigenvalue weighted by Crippen LogP contribution is -2.23. The zero-order valence-corrected chi connectivity index (χ0v) is 8.97. The first-order valence-corrected chi connectivity index (χ1v) is 4.97. The number of hydrogen-bond donors (Lipinski definition) is 1. The van der Waals surface area contributed by atoms with Crippen LogP contribution in [0.25, 0.3) is 0 Å². The van der Waals surface area contributed by atoms with Gasteiger partial charge in [-0.1, -0.05) is 6.08 Å². The first-order chi connectivity index (χ1) is 7.61. The molecule has 0 atom stereocenters. The molecule has 0 aliphatic rings. The number of amides is 1. The molecule has 0 unspecified atom stereocenters. The second-order valence-corrected chi connectivity index (χ2v) is 3.32. The molecule has 1 rings (SSSR count). The summed E-state index contributed by atoms with van der Waals surface area (Å²) >= 11 is 0. The minimum Gasteiger partial charge on any atom is -0.352 e. The largest absolute Gasteiger partial charge is 0.352 e. The van der Waals surface area contributed by atoms with Crippen LogP contribution in [0.4, 0.5) is 8.78 Å². The van der Waals surface area contributed by atoms with Crippen LogP contribution in [0.5, 0.6) is 0 Å². The quantitative estimate of drug-likeness (QED) is 0.782. The van der Waals surface area contributed by atoms with Gasteiger partial charge in [0.05, 0.1) is 0 Å². The Morgan fingerprint density at radius 2 is 1.94 bits per heavy atom. The molecule has 0 spiro atoms. The summed E-state index contributed by atoms with van der Waals surface area (Å²) in [6.45, 7) is 2.09. The molecule has 0 fully saturated rings. The fraction of sp³-hybridized carbons (Fsp3) is 0.250. The molecule has 0 bridgehead atoms. The molecule has 0 aliphatic heterocycles. The van der Waals surface area contributed by atoms with Crippen molar-refractivity contribution in [2.24, 2.45) is 0 Å². The highest BCUT2D eigenvalue weighted by atomic mass is 19.1. The van der Waals surface area contributed by atoms with Gasteiger partial charge in [-0.05, 0) is 37.1 Å². The van der Waals surface area contributed by atoms with E-state index in [1.165, 1.54) is 18.2 Å². The van der Waals surface area contributed by atoms with Crippen LogP contribution in [-0.4, -0.2) is 12.5 Å². The lowest BCUT2D eigenvalue weighted by Gasteiger charge is -2.03. The van der Waals surface area contributed by atoms with Gasteiger partial charge in [-0.25, -0.2) is 8.78 Å². The molecular formula is C12H13F2NO. The summed E-state index contributed by atoms with van der Waals surface area (Å²) in [5, 5.41) is 2.60. The molecule has 1 aromatic rings. The number of benzene rings is 1. The third-order valence-electron chi connectivity index (χ3n) is 1.95. The van der Waals surface area contributed by atoms with Gasteiger partial charge in [0.15, 0.2) is 0 Å². The van der Waals surface area contributed by atoms with Crippen molar-refractivity contribution in [3.8, 4) is 0 Å². The van der Waals surface area contributed by atoms with E-state index in [2.05, 4.69) is 5.32 Å². The van der Waals surface area contributed by atoms with Gasteiger partial charge in [-0.15, -0.1) is 0 Å². The first-order valence-electron chi connectivity index (χ1n) is 4.97. The van der Waals surface area contributed by atoms with E-state index in [4.69, 9.17) is 0 Å². The van der Waals surface area contributed by atoms with Crippen LogP contribution in [0.3, 0.4) is 0 Å². The highest BCUT2D eigenvalue weighted by Crippen LogP contribution is 2.07. The van der Waals surface area contributed by atoms with Crippen molar-refractivity contribution in [1.82, 2.24) is 5.32 Å². The van der Waals surface area contributed by atoms with Crippen molar-refractivity contribution in [3.05, 3.63) is 47.5 Å². The molecule has 0 aromatic heterocycles. The van der Waals surface area contributed by atoms with Gasteiger partial charge in [0.25, 0.3) is 0 Å². The van der Waals surface area contributed by atoms with E-state index >= 15 is 0 Å². The van der Waals surface area contributed by atoms with Gasteiger partial charge < -0.3 is 5.32 Å². The number of rotatable bonds is 4. The Morgan fingerprint density at radius 1 is 1.31 bits per heavy atom. The van der Waals surface area contributed by atoms with Crippen LogP contribution in [0.2, 0.25) is 0 Å². The first kappa shape index (κ1) is 12.4. The maximum Gasteiger partial charge on any atom is 0.243 e. The number of halogens is 2. The van der Waals surface area contributed by atoms with E-state index in [0.29, 0.717) is 18.5 Å². The van der Waals surface area contributed by atoms with Gasteiger partial charge in [0, 0.05) is 12.6 Å². The number of carbonyl (C=O) groups excluding carboxylic acids is 1. The Hall–Kier alpha value is -1.71. The summed E-state index contributed by atoms with van der Waals surface area (Å²) in [5.41, 5.74) is 0.526. The summed E-state index contributed by atoms with van der Waals surface area (Å²) < 4.78 is 25.6. The molecule has 1 N–H and O–H groups in total. The number of carbonyl (C=O) groups is 1. The number of allylic oxidation sites excluding steroid dienone is 1. The van der Waals surface area contributed by atoms with Gasteiger partial charge >= 0.3 is 0 Å². The highest BCUT2D eigenvalue weighted by molar-refractivity contribution is 5.87. The fourth-order valence-electron chi connectivity index (χ4n) is 1.30. The second kappa shape index (κ2) is 6.00. The molecule has 0 aliphatic carbocycles. The molecule has 0 heterocycles. The maximum atomic E-state index is 12.8. The highest BCUT2D eigenvalue weighted by Gasteiger charge is 2.01. The smallest absolute Gasteiger partial charge is 0.243 e. The maximum absolute atomic E-state index is 12.8. The normalized spacial score (nSPS) is 10.7. The lowest BCUT2D eigenvalue weighted by molar-refractivity contribution is -0.116. The van der Waals surface area contributed by atoms with Gasteiger partial charge in [0.1, 0.15) is 11.6 Å². The van der Waals surface area contributed by atoms with Crippen LogP contribution in [0.15, 0.2) is 30.4 Å². The third-order valence-corrected chi connectivity index (χ3v) is 1.95. The predicted octanol–water partition coefficient (Wildman–Crippen LogP) is 2.20. The number of nitrogens with one attached hydrogen (secondary N) is 1. The van der Waals surface area contributed by atoms with E-state index in [-0.39, 0.29) is 5.91 Å².